The molecule has 0 fully saturated rings. The molecular weight excluding hydrogens is 371 g/mol. The van der Waals surface area contributed by atoms with Crippen molar-refractivity contribution < 1.29 is 0 Å². The second-order valence-electron chi connectivity index (χ2n) is 6.54. The second kappa shape index (κ2) is 8.73. The Morgan fingerprint density at radius 3 is 2.96 bits per heavy atom. The van der Waals surface area contributed by atoms with E-state index in [2.05, 4.69) is 25.1 Å². The summed E-state index contributed by atoms with van der Waals surface area (Å²) in [4.78, 5) is 4.42. The molecule has 0 radical (unpaired) electrons. The van der Waals surface area contributed by atoms with Crippen LogP contribution in [0.15, 0.2) is 23.2 Å². The normalized spacial score (nSPS) is 16.0. The molecule has 6 nitrogen and oxygen atoms in total. The lowest BCUT2D eigenvalue weighted by Gasteiger charge is -2.16. The highest BCUT2D eigenvalue weighted by Gasteiger charge is 2.14. The number of nitrogens with one attached hydrogen (secondary N) is 1. The number of nitrogens with two attached hydrogens (primary N) is 1. The van der Waals surface area contributed by atoms with Gasteiger partial charge in [0, 0.05) is 36.0 Å². The Kier molecular flexibility index (Phi) is 6.38. The second-order valence-corrected chi connectivity index (χ2v) is 7.39. The van der Waals surface area contributed by atoms with Crippen molar-refractivity contribution in [1.82, 2.24) is 20.1 Å². The third-order valence-electron chi connectivity index (χ3n) is 4.60. The number of benzene rings is 1. The van der Waals surface area contributed by atoms with E-state index in [0.29, 0.717) is 22.5 Å². The molecule has 2 aromatic rings. The highest BCUT2D eigenvalue weighted by molar-refractivity contribution is 6.35. The van der Waals surface area contributed by atoms with E-state index < -0.39 is 0 Å². The van der Waals surface area contributed by atoms with Gasteiger partial charge in [0.2, 0.25) is 0 Å². The number of hydrogen-bond donors (Lipinski definition) is 2. The largest absolute Gasteiger partial charge is 0.370 e. The smallest absolute Gasteiger partial charge is 0.189 e. The highest BCUT2D eigenvalue weighted by Crippen LogP contribution is 2.25. The fraction of sp³-hybridized carbons (Fsp3) is 0.500. The van der Waals surface area contributed by atoms with Crippen LogP contribution in [0, 0.1) is 0 Å². The number of aryl methyl sites for hydroxylation is 1. The van der Waals surface area contributed by atoms with E-state index in [1.165, 1.54) is 19.3 Å². The van der Waals surface area contributed by atoms with Crippen LogP contribution in [0.5, 0.6) is 0 Å². The number of hydrogen-bond acceptors (Lipinski definition) is 3. The van der Waals surface area contributed by atoms with E-state index in [4.69, 9.17) is 28.9 Å². The molecular formula is C18H24Cl2N6. The number of fused-ring (bicyclic) bond motifs is 1. The lowest BCUT2D eigenvalue weighted by atomic mass is 10.1. The predicted molar refractivity (Wildman–Crippen MR) is 106 cm³/mol. The first-order valence-corrected chi connectivity index (χ1v) is 9.72. The van der Waals surface area contributed by atoms with Crippen LogP contribution in [0.1, 0.15) is 49.4 Å². The summed E-state index contributed by atoms with van der Waals surface area (Å²) in [5.41, 5.74) is 6.95. The standard InChI is InChI=1S/C18H24Cl2N6/c1-12(14-7-6-13(19)11-15(14)20)23-18(21)22-9-8-17-25-24-16-5-3-2-4-10-26(16)17/h6-7,11-12H,2-5,8-10H2,1H3,(H3,21,22,23). The molecule has 3 rings (SSSR count). The van der Waals surface area contributed by atoms with Gasteiger partial charge >= 0.3 is 0 Å². The summed E-state index contributed by atoms with van der Waals surface area (Å²) in [6.45, 7) is 3.55. The van der Waals surface area contributed by atoms with Crippen LogP contribution in [0.2, 0.25) is 10.0 Å². The Morgan fingerprint density at radius 1 is 1.31 bits per heavy atom. The molecule has 0 saturated carbocycles. The third kappa shape index (κ3) is 4.68. The molecule has 2 heterocycles. The first kappa shape index (κ1) is 19.0. The molecule has 26 heavy (non-hydrogen) atoms. The van der Waals surface area contributed by atoms with E-state index in [-0.39, 0.29) is 6.04 Å². The van der Waals surface area contributed by atoms with Crippen LogP contribution >= 0.6 is 23.2 Å². The molecule has 0 saturated heterocycles. The number of halogens is 2. The van der Waals surface area contributed by atoms with E-state index in [1.807, 2.05) is 19.1 Å². The first-order valence-electron chi connectivity index (χ1n) is 8.97. The van der Waals surface area contributed by atoms with Gasteiger partial charge in [-0.2, -0.15) is 0 Å². The van der Waals surface area contributed by atoms with Gasteiger partial charge in [0.25, 0.3) is 0 Å². The molecule has 1 aliphatic heterocycles. The lowest BCUT2D eigenvalue weighted by molar-refractivity contribution is 0.604. The zero-order valence-corrected chi connectivity index (χ0v) is 16.4. The summed E-state index contributed by atoms with van der Waals surface area (Å²) in [5.74, 6) is 2.48. The molecule has 3 N–H and O–H groups in total. The van der Waals surface area contributed by atoms with E-state index in [9.17, 15) is 0 Å². The van der Waals surface area contributed by atoms with Crippen molar-refractivity contribution in [2.45, 2.75) is 51.6 Å². The fourth-order valence-corrected chi connectivity index (χ4v) is 3.78. The van der Waals surface area contributed by atoms with Crippen molar-refractivity contribution in [3.63, 3.8) is 0 Å². The summed E-state index contributed by atoms with van der Waals surface area (Å²) < 4.78 is 2.24. The van der Waals surface area contributed by atoms with Crippen LogP contribution in [0.4, 0.5) is 0 Å². The van der Waals surface area contributed by atoms with Gasteiger partial charge in [-0.15, -0.1) is 10.2 Å². The van der Waals surface area contributed by atoms with Crippen molar-refractivity contribution in [2.75, 3.05) is 6.54 Å². The highest BCUT2D eigenvalue weighted by atomic mass is 35.5. The molecule has 8 heteroatoms. The topological polar surface area (TPSA) is 81.1 Å². The van der Waals surface area contributed by atoms with Gasteiger partial charge < -0.3 is 15.6 Å². The van der Waals surface area contributed by atoms with E-state index in [1.54, 1.807) is 6.07 Å². The summed E-state index contributed by atoms with van der Waals surface area (Å²) in [5, 5.41) is 13.0. The minimum absolute atomic E-state index is 0.0621. The van der Waals surface area contributed by atoms with Crippen LogP contribution in [-0.2, 0) is 19.4 Å². The predicted octanol–water partition coefficient (Wildman–Crippen LogP) is 3.52. The SMILES string of the molecule is CC(NC(N)=NCCc1nnc2n1CCCCC2)c1ccc(Cl)cc1Cl. The minimum atomic E-state index is -0.0621. The average Bonchev–Trinajstić information content (AvgIpc) is 2.82. The van der Waals surface area contributed by atoms with Gasteiger partial charge in [0.05, 0.1) is 6.04 Å². The zero-order valence-electron chi connectivity index (χ0n) is 14.9. The van der Waals surface area contributed by atoms with Crippen molar-refractivity contribution in [1.29, 1.82) is 0 Å². The van der Waals surface area contributed by atoms with Gasteiger partial charge in [0.1, 0.15) is 11.6 Å². The zero-order chi connectivity index (χ0) is 18.5. The number of aliphatic imine (C=N–C) groups is 1. The Labute approximate surface area is 163 Å². The van der Waals surface area contributed by atoms with Gasteiger partial charge in [-0.1, -0.05) is 35.7 Å². The summed E-state index contributed by atoms with van der Waals surface area (Å²) in [6.07, 6.45) is 5.37. The molecule has 1 atom stereocenters. The molecule has 0 amide bonds. The molecule has 0 bridgehead atoms. The minimum Gasteiger partial charge on any atom is -0.370 e. The third-order valence-corrected chi connectivity index (χ3v) is 5.16. The maximum absolute atomic E-state index is 6.24. The first-order chi connectivity index (χ1) is 12.5. The Balaban J connectivity index is 1.56. The Hall–Kier alpha value is -1.79. The van der Waals surface area contributed by atoms with E-state index >= 15 is 0 Å². The van der Waals surface area contributed by atoms with Gasteiger partial charge in [-0.05, 0) is 37.5 Å². The fourth-order valence-electron chi connectivity index (χ4n) is 3.20. The van der Waals surface area contributed by atoms with Crippen molar-refractivity contribution in [3.8, 4) is 0 Å². The van der Waals surface area contributed by atoms with Crippen LogP contribution < -0.4 is 11.1 Å². The molecule has 0 aliphatic carbocycles. The van der Waals surface area contributed by atoms with Crippen molar-refractivity contribution in [2.24, 2.45) is 10.7 Å². The van der Waals surface area contributed by atoms with Gasteiger partial charge in [0.15, 0.2) is 5.96 Å². The summed E-state index contributed by atoms with van der Waals surface area (Å²) >= 11 is 12.2. The maximum atomic E-state index is 6.24. The molecule has 1 aromatic heterocycles. The Morgan fingerprint density at radius 2 is 2.15 bits per heavy atom. The Bertz CT molecular complexity index is 786. The maximum Gasteiger partial charge on any atom is 0.189 e. The molecule has 140 valence electrons. The summed E-state index contributed by atoms with van der Waals surface area (Å²) in [6, 6.07) is 5.36. The van der Waals surface area contributed by atoms with Crippen LogP contribution in [0.3, 0.4) is 0 Å². The van der Waals surface area contributed by atoms with Crippen LogP contribution in [-0.4, -0.2) is 27.3 Å². The number of guanidine groups is 1. The van der Waals surface area contributed by atoms with Gasteiger partial charge in [-0.25, -0.2) is 0 Å². The van der Waals surface area contributed by atoms with Crippen molar-refractivity contribution in [3.05, 3.63) is 45.5 Å². The quantitative estimate of drug-likeness (QED) is 0.600. The monoisotopic (exact) mass is 394 g/mol. The average molecular weight is 395 g/mol. The number of nitrogens with zero attached hydrogens (tertiary/aromatic N) is 4. The lowest BCUT2D eigenvalue weighted by Crippen LogP contribution is -2.34. The van der Waals surface area contributed by atoms with Crippen LogP contribution in [0.25, 0.3) is 0 Å². The van der Waals surface area contributed by atoms with Gasteiger partial charge in [-0.3, -0.25) is 4.99 Å². The molecule has 0 spiro atoms. The molecule has 1 unspecified atom stereocenters. The molecule has 1 aliphatic rings. The number of rotatable bonds is 5. The number of aromatic nitrogens is 3. The molecule has 1 aromatic carbocycles. The van der Waals surface area contributed by atoms with E-state index in [0.717, 1.165) is 36.6 Å². The summed E-state index contributed by atoms with van der Waals surface area (Å²) in [7, 11) is 0. The van der Waals surface area contributed by atoms with Crippen molar-refractivity contribution >= 4 is 29.2 Å².